The van der Waals surface area contributed by atoms with Crippen molar-refractivity contribution in [2.24, 2.45) is 0 Å². The summed E-state index contributed by atoms with van der Waals surface area (Å²) in [4.78, 5) is 14.7. The molecule has 0 aromatic heterocycles. The lowest BCUT2D eigenvalue weighted by molar-refractivity contribution is -0.137. The average Bonchev–Trinajstić information content (AvgIpc) is 3.19. The molecule has 0 N–H and O–H groups in total. The summed E-state index contributed by atoms with van der Waals surface area (Å²) in [6, 6.07) is 5.33. The molecular weight excluding hydrogens is 362 g/mol. The number of ether oxygens (including phenoxy) is 1. The fourth-order valence-electron chi connectivity index (χ4n) is 3.82. The van der Waals surface area contributed by atoms with Crippen LogP contribution in [0.25, 0.3) is 0 Å². The minimum Gasteiger partial charge on any atom is -0.482 e. The van der Waals surface area contributed by atoms with Crippen LogP contribution in [-0.2, 0) is 14.6 Å². The van der Waals surface area contributed by atoms with Gasteiger partial charge in [-0.25, -0.2) is 8.42 Å². The molecule has 2 fully saturated rings. The van der Waals surface area contributed by atoms with Gasteiger partial charge < -0.3 is 9.64 Å². The van der Waals surface area contributed by atoms with Gasteiger partial charge in [-0.3, -0.25) is 4.79 Å². The predicted octanol–water partition coefficient (Wildman–Crippen LogP) is 2.99. The third-order valence-electron chi connectivity index (χ3n) is 5.05. The predicted molar refractivity (Wildman–Crippen MR) is 97.8 cm³/mol. The van der Waals surface area contributed by atoms with E-state index in [9.17, 15) is 13.2 Å². The van der Waals surface area contributed by atoms with Crippen LogP contribution in [0.1, 0.15) is 37.7 Å². The van der Waals surface area contributed by atoms with Crippen LogP contribution in [-0.4, -0.2) is 49.4 Å². The highest BCUT2D eigenvalue weighted by Gasteiger charge is 2.39. The number of hydrogen-bond donors (Lipinski definition) is 0. The number of rotatable bonds is 5. The molecule has 1 saturated carbocycles. The quantitative estimate of drug-likeness (QED) is 0.781. The van der Waals surface area contributed by atoms with Crippen molar-refractivity contribution < 1.29 is 17.9 Å². The molecule has 1 atom stereocenters. The fourth-order valence-corrected chi connectivity index (χ4v) is 5.70. The number of carbonyl (C=O) groups is 1. The Bertz CT molecular complexity index is 743. The number of hydrogen-bond acceptors (Lipinski definition) is 4. The van der Waals surface area contributed by atoms with E-state index in [1.54, 1.807) is 17.0 Å². The number of halogens is 1. The Morgan fingerprint density at radius 2 is 1.96 bits per heavy atom. The summed E-state index contributed by atoms with van der Waals surface area (Å²) < 4.78 is 29.4. The second-order valence-electron chi connectivity index (χ2n) is 7.02. The smallest absolute Gasteiger partial charge is 0.261 e. The molecule has 0 bridgehead atoms. The van der Waals surface area contributed by atoms with Crippen LogP contribution in [0.4, 0.5) is 0 Å². The van der Waals surface area contributed by atoms with Crippen LogP contribution in [0.3, 0.4) is 0 Å². The second kappa shape index (κ2) is 7.54. The number of nitrogens with zero attached hydrogens (tertiary/aromatic N) is 1. The molecule has 1 saturated heterocycles. The Morgan fingerprint density at radius 1 is 1.24 bits per heavy atom. The molecular formula is C18H24ClNO4S. The van der Waals surface area contributed by atoms with Crippen molar-refractivity contribution in [2.75, 3.05) is 18.1 Å². The van der Waals surface area contributed by atoms with Gasteiger partial charge in [-0.15, -0.1) is 0 Å². The highest BCUT2D eigenvalue weighted by Crippen LogP contribution is 2.30. The molecule has 1 unspecified atom stereocenters. The third-order valence-corrected chi connectivity index (χ3v) is 7.11. The molecule has 1 aliphatic carbocycles. The van der Waals surface area contributed by atoms with Crippen molar-refractivity contribution in [3.63, 3.8) is 0 Å². The van der Waals surface area contributed by atoms with Gasteiger partial charge in [0.1, 0.15) is 5.75 Å². The van der Waals surface area contributed by atoms with Crippen LogP contribution >= 0.6 is 11.6 Å². The zero-order chi connectivity index (χ0) is 18.0. The first-order chi connectivity index (χ1) is 11.9. The standard InChI is InChI=1S/C18H24ClNO4S/c1-13-6-7-16(19)17(10-13)24-11-18(21)20(14-4-2-3-5-14)15-8-9-25(22,23)12-15/h6-7,10,14-15H,2-5,8-9,11-12H2,1H3. The van der Waals surface area contributed by atoms with E-state index in [0.29, 0.717) is 17.2 Å². The lowest BCUT2D eigenvalue weighted by Crippen LogP contribution is -2.48. The minimum atomic E-state index is -3.04. The molecule has 3 rings (SSSR count). The second-order valence-corrected chi connectivity index (χ2v) is 9.65. The maximum atomic E-state index is 12.9. The van der Waals surface area contributed by atoms with Crippen molar-refractivity contribution in [3.8, 4) is 5.75 Å². The van der Waals surface area contributed by atoms with Gasteiger partial charge in [0.2, 0.25) is 0 Å². The van der Waals surface area contributed by atoms with E-state index in [-0.39, 0.29) is 36.1 Å². The molecule has 1 amide bonds. The first kappa shape index (κ1) is 18.5. The molecule has 7 heteroatoms. The number of carbonyl (C=O) groups excluding carboxylic acids is 1. The van der Waals surface area contributed by atoms with Gasteiger partial charge >= 0.3 is 0 Å². The summed E-state index contributed by atoms with van der Waals surface area (Å²) in [6.07, 6.45) is 4.56. The van der Waals surface area contributed by atoms with Crippen LogP contribution < -0.4 is 4.74 Å². The molecule has 138 valence electrons. The van der Waals surface area contributed by atoms with Crippen molar-refractivity contribution in [3.05, 3.63) is 28.8 Å². The highest BCUT2D eigenvalue weighted by molar-refractivity contribution is 7.91. The van der Waals surface area contributed by atoms with E-state index in [1.807, 2.05) is 13.0 Å². The van der Waals surface area contributed by atoms with Crippen LogP contribution in [0.5, 0.6) is 5.75 Å². The van der Waals surface area contributed by atoms with Crippen molar-refractivity contribution in [1.29, 1.82) is 0 Å². The maximum absolute atomic E-state index is 12.9. The summed E-state index contributed by atoms with van der Waals surface area (Å²) in [6.45, 7) is 1.81. The first-order valence-corrected chi connectivity index (χ1v) is 11.0. The monoisotopic (exact) mass is 385 g/mol. The van der Waals surface area contributed by atoms with E-state index in [2.05, 4.69) is 0 Å². The van der Waals surface area contributed by atoms with Crippen LogP contribution in [0.15, 0.2) is 18.2 Å². The summed E-state index contributed by atoms with van der Waals surface area (Å²) in [5.41, 5.74) is 1.00. The Labute approximate surface area is 154 Å². The van der Waals surface area contributed by atoms with E-state index >= 15 is 0 Å². The molecule has 25 heavy (non-hydrogen) atoms. The van der Waals surface area contributed by atoms with E-state index < -0.39 is 9.84 Å². The van der Waals surface area contributed by atoms with E-state index in [1.165, 1.54) is 0 Å². The number of sulfone groups is 1. The molecule has 5 nitrogen and oxygen atoms in total. The van der Waals surface area contributed by atoms with Crippen molar-refractivity contribution >= 4 is 27.3 Å². The topological polar surface area (TPSA) is 63.7 Å². The zero-order valence-electron chi connectivity index (χ0n) is 14.4. The highest BCUT2D eigenvalue weighted by atomic mass is 35.5. The molecule has 1 aromatic carbocycles. The number of aryl methyl sites for hydroxylation is 1. The van der Waals surface area contributed by atoms with Crippen LogP contribution in [0.2, 0.25) is 5.02 Å². The van der Waals surface area contributed by atoms with Crippen LogP contribution in [0, 0.1) is 6.92 Å². The zero-order valence-corrected chi connectivity index (χ0v) is 16.0. The van der Waals surface area contributed by atoms with E-state index in [4.69, 9.17) is 16.3 Å². The lowest BCUT2D eigenvalue weighted by Gasteiger charge is -2.34. The first-order valence-electron chi connectivity index (χ1n) is 8.76. The van der Waals surface area contributed by atoms with Gasteiger partial charge in [-0.05, 0) is 43.9 Å². The molecule has 1 aliphatic heterocycles. The normalized spacial score (nSPS) is 22.9. The van der Waals surface area contributed by atoms with Gasteiger partial charge in [0, 0.05) is 12.1 Å². The Balaban J connectivity index is 1.72. The Hall–Kier alpha value is -1.27. The number of amides is 1. The summed E-state index contributed by atoms with van der Waals surface area (Å²) in [5, 5.41) is 0.467. The average molecular weight is 386 g/mol. The molecule has 2 aliphatic rings. The van der Waals surface area contributed by atoms with Gasteiger partial charge in [0.05, 0.1) is 16.5 Å². The molecule has 0 radical (unpaired) electrons. The number of benzene rings is 1. The van der Waals surface area contributed by atoms with Crippen molar-refractivity contribution in [1.82, 2.24) is 4.90 Å². The molecule has 0 spiro atoms. The Morgan fingerprint density at radius 3 is 2.60 bits per heavy atom. The summed E-state index contributed by atoms with van der Waals surface area (Å²) in [7, 11) is -3.04. The van der Waals surface area contributed by atoms with Gasteiger partial charge in [0.25, 0.3) is 5.91 Å². The van der Waals surface area contributed by atoms with E-state index in [0.717, 1.165) is 31.2 Å². The lowest BCUT2D eigenvalue weighted by atomic mass is 10.1. The summed E-state index contributed by atoms with van der Waals surface area (Å²) in [5.74, 6) is 0.575. The van der Waals surface area contributed by atoms with Gasteiger partial charge in [-0.2, -0.15) is 0 Å². The largest absolute Gasteiger partial charge is 0.482 e. The molecule has 1 heterocycles. The Kier molecular flexibility index (Phi) is 5.58. The van der Waals surface area contributed by atoms with Gasteiger partial charge in [-0.1, -0.05) is 30.5 Å². The van der Waals surface area contributed by atoms with Gasteiger partial charge in [0.15, 0.2) is 16.4 Å². The minimum absolute atomic E-state index is 0.0699. The summed E-state index contributed by atoms with van der Waals surface area (Å²) >= 11 is 6.12. The third kappa shape index (κ3) is 4.47. The maximum Gasteiger partial charge on any atom is 0.261 e. The molecule has 1 aromatic rings. The SMILES string of the molecule is Cc1ccc(Cl)c(OCC(=O)N(C2CCCC2)C2CCS(=O)(=O)C2)c1. The van der Waals surface area contributed by atoms with Crippen molar-refractivity contribution in [2.45, 2.75) is 51.1 Å². The fraction of sp³-hybridized carbons (Fsp3) is 0.611.